The highest BCUT2D eigenvalue weighted by Gasteiger charge is 2.15. The lowest BCUT2D eigenvalue weighted by Gasteiger charge is -2.18. The summed E-state index contributed by atoms with van der Waals surface area (Å²) in [6.07, 6.45) is 0.158. The van der Waals surface area contributed by atoms with Gasteiger partial charge in [-0.25, -0.2) is 0 Å². The normalized spacial score (nSPS) is 10.5. The molecule has 2 rings (SSSR count). The quantitative estimate of drug-likeness (QED) is 0.789. The van der Waals surface area contributed by atoms with E-state index in [0.29, 0.717) is 18.9 Å². The number of carboxylic acid groups (broad SMARTS) is 1. The zero-order valence-electron chi connectivity index (χ0n) is 14.6. The molecule has 0 saturated carbocycles. The Morgan fingerprint density at radius 3 is 2.44 bits per heavy atom. The topological polar surface area (TPSA) is 92.9 Å². The highest BCUT2D eigenvalue weighted by atomic mass is 16.5. The van der Waals surface area contributed by atoms with Crippen LogP contribution in [0.1, 0.15) is 29.5 Å². The van der Waals surface area contributed by atoms with E-state index in [-0.39, 0.29) is 18.9 Å². The molecule has 1 aromatic heterocycles. The van der Waals surface area contributed by atoms with E-state index in [1.165, 1.54) is 4.90 Å². The van der Waals surface area contributed by atoms with Gasteiger partial charge in [0.2, 0.25) is 5.91 Å². The second-order valence-corrected chi connectivity index (χ2v) is 5.71. The summed E-state index contributed by atoms with van der Waals surface area (Å²) in [4.78, 5) is 24.2. The number of likely N-dealkylation sites (N-methyl/N-ethyl adjacent to an activating group) is 1. The van der Waals surface area contributed by atoms with Crippen LogP contribution in [0.5, 0.6) is 5.75 Å². The second kappa shape index (κ2) is 8.32. The number of nitrogens with zero attached hydrogens (tertiary/aromatic N) is 2. The SMILES string of the molecule is CCN(CC(=O)O)C(=O)Cc1ccc(OCc2c(C)noc2C)cc1. The summed E-state index contributed by atoms with van der Waals surface area (Å²) in [7, 11) is 0. The molecule has 0 atom stereocenters. The van der Waals surface area contributed by atoms with Gasteiger partial charge in [0.15, 0.2) is 0 Å². The van der Waals surface area contributed by atoms with E-state index in [4.69, 9.17) is 14.4 Å². The van der Waals surface area contributed by atoms with Gasteiger partial charge in [-0.3, -0.25) is 9.59 Å². The van der Waals surface area contributed by atoms with Crippen molar-refractivity contribution in [2.75, 3.05) is 13.1 Å². The van der Waals surface area contributed by atoms with Gasteiger partial charge in [-0.1, -0.05) is 17.3 Å². The molecule has 1 heterocycles. The Labute approximate surface area is 146 Å². The largest absolute Gasteiger partial charge is 0.489 e. The van der Waals surface area contributed by atoms with E-state index in [1.54, 1.807) is 31.2 Å². The van der Waals surface area contributed by atoms with Crippen LogP contribution in [0.4, 0.5) is 0 Å². The van der Waals surface area contributed by atoms with Gasteiger partial charge in [0.25, 0.3) is 0 Å². The van der Waals surface area contributed by atoms with Gasteiger partial charge in [0.1, 0.15) is 24.7 Å². The molecular formula is C18H22N2O5. The number of rotatable bonds is 8. The molecule has 0 spiro atoms. The van der Waals surface area contributed by atoms with Gasteiger partial charge in [-0.15, -0.1) is 0 Å². The third kappa shape index (κ3) is 5.07. The number of aromatic nitrogens is 1. The maximum Gasteiger partial charge on any atom is 0.323 e. The number of ether oxygens (including phenoxy) is 1. The lowest BCUT2D eigenvalue weighted by atomic mass is 10.1. The van der Waals surface area contributed by atoms with Crippen molar-refractivity contribution in [2.24, 2.45) is 0 Å². The van der Waals surface area contributed by atoms with Crippen molar-refractivity contribution in [1.82, 2.24) is 10.1 Å². The molecule has 0 aliphatic rings. The van der Waals surface area contributed by atoms with E-state index >= 15 is 0 Å². The molecule has 25 heavy (non-hydrogen) atoms. The fourth-order valence-corrected chi connectivity index (χ4v) is 2.39. The van der Waals surface area contributed by atoms with Gasteiger partial charge < -0.3 is 19.3 Å². The third-order valence-corrected chi connectivity index (χ3v) is 3.90. The number of hydrogen-bond donors (Lipinski definition) is 1. The molecule has 0 aliphatic heterocycles. The minimum Gasteiger partial charge on any atom is -0.489 e. The van der Waals surface area contributed by atoms with Crippen molar-refractivity contribution in [1.29, 1.82) is 0 Å². The average Bonchev–Trinajstić information content (AvgIpc) is 2.90. The molecular weight excluding hydrogens is 324 g/mol. The third-order valence-electron chi connectivity index (χ3n) is 3.90. The van der Waals surface area contributed by atoms with E-state index in [0.717, 1.165) is 22.6 Å². The molecule has 0 radical (unpaired) electrons. The molecule has 1 aromatic carbocycles. The molecule has 1 N–H and O–H groups in total. The van der Waals surface area contributed by atoms with E-state index in [9.17, 15) is 9.59 Å². The van der Waals surface area contributed by atoms with Crippen LogP contribution in [0.25, 0.3) is 0 Å². The molecule has 0 saturated heterocycles. The Morgan fingerprint density at radius 2 is 1.92 bits per heavy atom. The number of aryl methyl sites for hydroxylation is 2. The number of carboxylic acids is 1. The minimum atomic E-state index is -1.02. The minimum absolute atomic E-state index is 0.158. The summed E-state index contributed by atoms with van der Waals surface area (Å²) in [5.41, 5.74) is 2.53. The summed E-state index contributed by atoms with van der Waals surface area (Å²) < 4.78 is 10.8. The van der Waals surface area contributed by atoms with Gasteiger partial charge in [-0.05, 0) is 38.5 Å². The van der Waals surface area contributed by atoms with Gasteiger partial charge in [0.05, 0.1) is 17.7 Å². The molecule has 2 aromatic rings. The molecule has 0 bridgehead atoms. The summed E-state index contributed by atoms with van der Waals surface area (Å²) in [6.45, 7) is 5.90. The van der Waals surface area contributed by atoms with Crippen LogP contribution in [0.2, 0.25) is 0 Å². The monoisotopic (exact) mass is 346 g/mol. The van der Waals surface area contributed by atoms with Crippen LogP contribution in [-0.4, -0.2) is 40.1 Å². The Kier molecular flexibility index (Phi) is 6.16. The maximum atomic E-state index is 12.1. The van der Waals surface area contributed by atoms with Crippen LogP contribution < -0.4 is 4.74 Å². The smallest absolute Gasteiger partial charge is 0.323 e. The van der Waals surface area contributed by atoms with E-state index < -0.39 is 5.97 Å². The summed E-state index contributed by atoms with van der Waals surface area (Å²) in [5, 5.41) is 12.7. The fourth-order valence-electron chi connectivity index (χ4n) is 2.39. The lowest BCUT2D eigenvalue weighted by molar-refractivity contribution is -0.144. The van der Waals surface area contributed by atoms with Gasteiger partial charge in [0, 0.05) is 6.54 Å². The van der Waals surface area contributed by atoms with Crippen molar-refractivity contribution < 1.29 is 24.0 Å². The van der Waals surface area contributed by atoms with Gasteiger partial charge >= 0.3 is 5.97 Å². The van der Waals surface area contributed by atoms with Crippen LogP contribution in [0, 0.1) is 13.8 Å². The average molecular weight is 346 g/mol. The molecule has 0 unspecified atom stereocenters. The van der Waals surface area contributed by atoms with Crippen molar-refractivity contribution in [3.63, 3.8) is 0 Å². The first-order valence-corrected chi connectivity index (χ1v) is 8.03. The zero-order chi connectivity index (χ0) is 18.4. The fraction of sp³-hybridized carbons (Fsp3) is 0.389. The first-order chi connectivity index (χ1) is 11.9. The van der Waals surface area contributed by atoms with Crippen molar-refractivity contribution in [3.8, 4) is 5.75 Å². The summed E-state index contributed by atoms with van der Waals surface area (Å²) in [6, 6.07) is 7.17. The Bertz CT molecular complexity index is 717. The Balaban J connectivity index is 1.93. The number of benzene rings is 1. The van der Waals surface area contributed by atoms with Crippen LogP contribution in [-0.2, 0) is 22.6 Å². The molecule has 0 aliphatic carbocycles. The number of amides is 1. The first kappa shape index (κ1) is 18.5. The van der Waals surface area contributed by atoms with Crippen LogP contribution >= 0.6 is 0 Å². The maximum absolute atomic E-state index is 12.1. The number of carbonyl (C=O) groups excluding carboxylic acids is 1. The molecule has 7 heteroatoms. The summed E-state index contributed by atoms with van der Waals surface area (Å²) >= 11 is 0. The molecule has 0 fully saturated rings. The van der Waals surface area contributed by atoms with E-state index in [2.05, 4.69) is 5.16 Å². The molecule has 1 amide bonds. The first-order valence-electron chi connectivity index (χ1n) is 8.03. The predicted molar refractivity (Wildman–Crippen MR) is 90.3 cm³/mol. The standard InChI is InChI=1S/C18H22N2O5/c1-4-20(10-18(22)23)17(21)9-14-5-7-15(8-6-14)24-11-16-12(2)19-25-13(16)3/h5-8H,4,9-11H2,1-3H3,(H,22,23). The predicted octanol–water partition coefficient (Wildman–Crippen LogP) is 2.35. The van der Waals surface area contributed by atoms with Crippen molar-refractivity contribution in [2.45, 2.75) is 33.8 Å². The Hall–Kier alpha value is -2.83. The highest BCUT2D eigenvalue weighted by molar-refractivity contribution is 5.83. The highest BCUT2D eigenvalue weighted by Crippen LogP contribution is 2.18. The van der Waals surface area contributed by atoms with E-state index in [1.807, 2.05) is 13.8 Å². The van der Waals surface area contributed by atoms with Crippen LogP contribution in [0.15, 0.2) is 28.8 Å². The molecule has 134 valence electrons. The lowest BCUT2D eigenvalue weighted by Crippen LogP contribution is -2.36. The summed E-state index contributed by atoms with van der Waals surface area (Å²) in [5.74, 6) is 0.180. The Morgan fingerprint density at radius 1 is 1.24 bits per heavy atom. The van der Waals surface area contributed by atoms with Gasteiger partial charge in [-0.2, -0.15) is 0 Å². The molecule has 7 nitrogen and oxygen atoms in total. The van der Waals surface area contributed by atoms with Crippen LogP contribution in [0.3, 0.4) is 0 Å². The zero-order valence-corrected chi connectivity index (χ0v) is 14.6. The van der Waals surface area contributed by atoms with Crippen molar-refractivity contribution in [3.05, 3.63) is 46.8 Å². The number of aliphatic carboxylic acids is 1. The number of carbonyl (C=O) groups is 2. The van der Waals surface area contributed by atoms with Crippen molar-refractivity contribution >= 4 is 11.9 Å². The second-order valence-electron chi connectivity index (χ2n) is 5.71. The number of hydrogen-bond acceptors (Lipinski definition) is 5.